The molecule has 0 aliphatic heterocycles. The smallest absolute Gasteiger partial charge is 0.161 e. The van der Waals surface area contributed by atoms with Crippen molar-refractivity contribution in [2.45, 2.75) is 64.7 Å². The Hall–Kier alpha value is -1.69. The highest BCUT2D eigenvalue weighted by atomic mass is 16.5. The Morgan fingerprint density at radius 3 is 2.46 bits per heavy atom. The zero-order valence-electron chi connectivity index (χ0n) is 16.8. The van der Waals surface area contributed by atoms with Crippen LogP contribution in [0.25, 0.3) is 0 Å². The van der Waals surface area contributed by atoms with E-state index in [4.69, 9.17) is 9.47 Å². The average Bonchev–Trinajstić information content (AvgIpc) is 2.61. The van der Waals surface area contributed by atoms with Crippen LogP contribution in [0.1, 0.15) is 69.4 Å². The van der Waals surface area contributed by atoms with Gasteiger partial charge in [0.05, 0.1) is 20.3 Å². The molecule has 1 aromatic rings. The number of benzene rings is 1. The van der Waals surface area contributed by atoms with Gasteiger partial charge in [0.25, 0.3) is 0 Å². The summed E-state index contributed by atoms with van der Waals surface area (Å²) in [7, 11) is 3.41. The Labute approximate surface area is 158 Å². The molecule has 0 amide bonds. The number of nitriles is 1. The molecule has 3 rings (SSSR count). The van der Waals surface area contributed by atoms with E-state index in [0.29, 0.717) is 17.8 Å². The number of hydrogen-bond donors (Lipinski definition) is 0. The normalized spacial score (nSPS) is 28.3. The second-order valence-corrected chi connectivity index (χ2v) is 8.68. The molecule has 2 unspecified atom stereocenters. The lowest BCUT2D eigenvalue weighted by atomic mass is 9.67. The number of rotatable bonds is 4. The maximum absolute atomic E-state index is 9.92. The molecule has 3 nitrogen and oxygen atoms in total. The van der Waals surface area contributed by atoms with Gasteiger partial charge in [-0.15, -0.1) is 0 Å². The van der Waals surface area contributed by atoms with Crippen LogP contribution in [0.4, 0.5) is 0 Å². The lowest BCUT2D eigenvalue weighted by Crippen LogP contribution is -2.27. The second kappa shape index (κ2) is 8.33. The van der Waals surface area contributed by atoms with E-state index < -0.39 is 0 Å². The first-order valence-corrected chi connectivity index (χ1v) is 10.2. The average molecular weight is 356 g/mol. The van der Waals surface area contributed by atoms with Crippen LogP contribution in [0.2, 0.25) is 0 Å². The zero-order chi connectivity index (χ0) is 18.7. The molecular formula is C23H33NO2. The van der Waals surface area contributed by atoms with Crippen LogP contribution < -0.4 is 9.47 Å². The van der Waals surface area contributed by atoms with E-state index in [0.717, 1.165) is 30.3 Å². The van der Waals surface area contributed by atoms with Crippen LogP contribution in [0.15, 0.2) is 12.1 Å². The first-order chi connectivity index (χ1) is 12.5. The van der Waals surface area contributed by atoms with E-state index in [1.54, 1.807) is 14.2 Å². The van der Waals surface area contributed by atoms with Gasteiger partial charge in [-0.3, -0.25) is 0 Å². The molecule has 142 valence electrons. The van der Waals surface area contributed by atoms with Crippen LogP contribution in [0, 0.1) is 35.0 Å². The van der Waals surface area contributed by atoms with Gasteiger partial charge < -0.3 is 9.47 Å². The molecule has 2 aliphatic carbocycles. The van der Waals surface area contributed by atoms with Crippen molar-refractivity contribution < 1.29 is 9.47 Å². The highest BCUT2D eigenvalue weighted by Gasteiger charge is 2.34. The summed E-state index contributed by atoms with van der Waals surface area (Å²) in [6.07, 6.45) is 8.23. The van der Waals surface area contributed by atoms with E-state index in [2.05, 4.69) is 32.0 Å². The Balaban J connectivity index is 1.99. The minimum atomic E-state index is 0.171. The fraction of sp³-hybridized carbons (Fsp3) is 0.696. The highest BCUT2D eigenvalue weighted by Crippen LogP contribution is 2.46. The van der Waals surface area contributed by atoms with E-state index >= 15 is 0 Å². The van der Waals surface area contributed by atoms with Crippen LogP contribution in [0.5, 0.6) is 11.5 Å². The van der Waals surface area contributed by atoms with Crippen molar-refractivity contribution in [1.82, 2.24) is 0 Å². The van der Waals surface area contributed by atoms with Gasteiger partial charge in [-0.05, 0) is 91.9 Å². The molecule has 1 saturated carbocycles. The summed E-state index contributed by atoms with van der Waals surface area (Å²) >= 11 is 0. The summed E-state index contributed by atoms with van der Waals surface area (Å²) < 4.78 is 11.1. The number of hydrogen-bond acceptors (Lipinski definition) is 3. The number of ether oxygens (including phenoxy) is 2. The quantitative estimate of drug-likeness (QED) is 0.693. The summed E-state index contributed by atoms with van der Waals surface area (Å²) in [5.41, 5.74) is 2.79. The number of aryl methyl sites for hydroxylation is 1. The molecule has 0 N–H and O–H groups in total. The molecular weight excluding hydrogens is 322 g/mol. The summed E-state index contributed by atoms with van der Waals surface area (Å²) in [5, 5.41) is 9.92. The summed E-state index contributed by atoms with van der Waals surface area (Å²) in [4.78, 5) is 0. The van der Waals surface area contributed by atoms with Gasteiger partial charge in [0.2, 0.25) is 0 Å². The molecule has 0 spiro atoms. The third-order valence-corrected chi connectivity index (χ3v) is 6.51. The van der Waals surface area contributed by atoms with Gasteiger partial charge in [-0.2, -0.15) is 5.26 Å². The summed E-state index contributed by atoms with van der Waals surface area (Å²) in [5.74, 6) is 4.24. The molecule has 4 atom stereocenters. The van der Waals surface area contributed by atoms with Crippen molar-refractivity contribution in [2.24, 2.45) is 23.7 Å². The molecule has 2 aliphatic rings. The summed E-state index contributed by atoms with van der Waals surface area (Å²) in [6.45, 7) is 4.58. The molecule has 3 heteroatoms. The third-order valence-electron chi connectivity index (χ3n) is 6.51. The van der Waals surface area contributed by atoms with Crippen molar-refractivity contribution in [1.29, 1.82) is 5.26 Å². The van der Waals surface area contributed by atoms with Gasteiger partial charge in [-0.1, -0.05) is 13.8 Å². The molecule has 2 bridgehead atoms. The predicted molar refractivity (Wildman–Crippen MR) is 105 cm³/mol. The van der Waals surface area contributed by atoms with E-state index in [1.807, 2.05) is 0 Å². The molecule has 0 heterocycles. The number of methoxy groups -OCH3 is 2. The second-order valence-electron chi connectivity index (χ2n) is 8.68. The minimum absolute atomic E-state index is 0.171. The van der Waals surface area contributed by atoms with Crippen LogP contribution >= 0.6 is 0 Å². The molecule has 26 heavy (non-hydrogen) atoms. The lowest BCUT2D eigenvalue weighted by molar-refractivity contribution is 0.200. The molecule has 1 fully saturated rings. The fourth-order valence-electron chi connectivity index (χ4n) is 5.23. The van der Waals surface area contributed by atoms with Crippen LogP contribution in [0.3, 0.4) is 0 Å². The number of nitrogens with zero attached hydrogens (tertiary/aromatic N) is 1. The van der Waals surface area contributed by atoms with Gasteiger partial charge in [0.1, 0.15) is 0 Å². The third kappa shape index (κ3) is 4.00. The van der Waals surface area contributed by atoms with Crippen molar-refractivity contribution >= 4 is 0 Å². The monoisotopic (exact) mass is 355 g/mol. The zero-order valence-corrected chi connectivity index (χ0v) is 16.8. The standard InChI is InChI=1S/C23H33NO2/c1-15(2)9-19-10-16-5-7-17(11-20(19)14-24)21-13-23(26-4)22(25-3)12-18(21)8-6-16/h12-13,15-17,19-20H,5-11H2,1-4H3/t16?,17-,19-,20?/m1/s1. The Morgan fingerprint density at radius 1 is 1.08 bits per heavy atom. The number of fused-ring (bicyclic) bond motifs is 5. The van der Waals surface area contributed by atoms with Crippen molar-refractivity contribution in [3.8, 4) is 17.6 Å². The Bertz CT molecular complexity index is 661. The lowest BCUT2D eigenvalue weighted by Gasteiger charge is -2.37. The maximum atomic E-state index is 9.92. The van der Waals surface area contributed by atoms with E-state index in [-0.39, 0.29) is 5.92 Å². The van der Waals surface area contributed by atoms with E-state index in [9.17, 15) is 5.26 Å². The molecule has 0 radical (unpaired) electrons. The molecule has 1 aromatic carbocycles. The fourth-order valence-corrected chi connectivity index (χ4v) is 5.23. The Kier molecular flexibility index (Phi) is 6.12. The largest absolute Gasteiger partial charge is 0.493 e. The van der Waals surface area contributed by atoms with Crippen LogP contribution in [-0.2, 0) is 6.42 Å². The molecule has 0 aromatic heterocycles. The van der Waals surface area contributed by atoms with E-state index in [1.165, 1.54) is 43.2 Å². The van der Waals surface area contributed by atoms with Crippen LogP contribution in [-0.4, -0.2) is 14.2 Å². The SMILES string of the molecule is COc1cc2c(cc1OC)[C@@H]1CCC(CC2)C[C@@H](CC(C)C)C(C#N)C1. The minimum Gasteiger partial charge on any atom is -0.493 e. The van der Waals surface area contributed by atoms with Crippen molar-refractivity contribution in [2.75, 3.05) is 14.2 Å². The van der Waals surface area contributed by atoms with Crippen molar-refractivity contribution in [3.63, 3.8) is 0 Å². The Morgan fingerprint density at radius 2 is 1.81 bits per heavy atom. The maximum Gasteiger partial charge on any atom is 0.161 e. The summed E-state index contributed by atoms with van der Waals surface area (Å²) in [6, 6.07) is 7.05. The highest BCUT2D eigenvalue weighted by molar-refractivity contribution is 5.49. The topological polar surface area (TPSA) is 42.2 Å². The first kappa shape index (κ1) is 19.1. The van der Waals surface area contributed by atoms with Gasteiger partial charge in [0.15, 0.2) is 11.5 Å². The molecule has 0 saturated heterocycles. The first-order valence-electron chi connectivity index (χ1n) is 10.2. The predicted octanol–water partition coefficient (Wildman–Crippen LogP) is 5.73. The van der Waals surface area contributed by atoms with Gasteiger partial charge >= 0.3 is 0 Å². The van der Waals surface area contributed by atoms with Gasteiger partial charge in [-0.25, -0.2) is 0 Å². The van der Waals surface area contributed by atoms with Gasteiger partial charge in [0, 0.05) is 5.92 Å². The van der Waals surface area contributed by atoms with Crippen molar-refractivity contribution in [3.05, 3.63) is 23.3 Å².